The summed E-state index contributed by atoms with van der Waals surface area (Å²) < 4.78 is 38.7. The Morgan fingerprint density at radius 3 is 2.60 bits per heavy atom. The summed E-state index contributed by atoms with van der Waals surface area (Å²) in [7, 11) is -4.57. The summed E-state index contributed by atoms with van der Waals surface area (Å²) in [6.07, 6.45) is 1.26. The first-order valence-corrected chi connectivity index (χ1v) is 7.34. The van der Waals surface area contributed by atoms with Gasteiger partial charge in [-0.15, -0.1) is 0 Å². The lowest BCUT2D eigenvalue weighted by Gasteiger charge is -2.13. The minimum atomic E-state index is -4.57. The first-order chi connectivity index (χ1) is 9.35. The van der Waals surface area contributed by atoms with Crippen LogP contribution in [0.3, 0.4) is 0 Å². The largest absolute Gasteiger partial charge is 0.504 e. The van der Waals surface area contributed by atoms with Crippen LogP contribution in [0.15, 0.2) is 41.4 Å². The fourth-order valence-corrected chi connectivity index (χ4v) is 3.47. The molecule has 0 radical (unpaired) electrons. The number of hydrogen-bond acceptors (Lipinski definition) is 5. The van der Waals surface area contributed by atoms with Crippen LogP contribution in [-0.2, 0) is 9.84 Å². The van der Waals surface area contributed by atoms with Gasteiger partial charge in [-0.25, -0.2) is 12.8 Å². The van der Waals surface area contributed by atoms with Crippen LogP contribution in [0, 0.1) is 0 Å². The molecule has 1 aromatic heterocycles. The van der Waals surface area contributed by atoms with Crippen LogP contribution in [0.25, 0.3) is 0 Å². The summed E-state index contributed by atoms with van der Waals surface area (Å²) in [5, 5.41) is 9.42. The Morgan fingerprint density at radius 1 is 1.30 bits per heavy atom. The van der Waals surface area contributed by atoms with Gasteiger partial charge in [0.05, 0.1) is 16.4 Å². The number of pyridine rings is 1. The molecule has 1 aromatic carbocycles. The van der Waals surface area contributed by atoms with Crippen LogP contribution in [0.1, 0.15) is 11.2 Å². The second kappa shape index (κ2) is 5.26. The number of sulfone groups is 1. The number of anilines is 1. The van der Waals surface area contributed by atoms with Crippen molar-refractivity contribution in [2.75, 3.05) is 5.73 Å². The van der Waals surface area contributed by atoms with E-state index in [1.807, 2.05) is 0 Å². The van der Waals surface area contributed by atoms with Crippen LogP contribution >= 0.6 is 11.6 Å². The molecule has 0 saturated carbocycles. The number of halogens is 2. The Bertz CT molecular complexity index is 738. The van der Waals surface area contributed by atoms with E-state index in [1.54, 1.807) is 0 Å². The van der Waals surface area contributed by atoms with Gasteiger partial charge in [0.15, 0.2) is 5.75 Å². The summed E-state index contributed by atoms with van der Waals surface area (Å²) in [5.41, 5.74) is 2.46. The van der Waals surface area contributed by atoms with Crippen LogP contribution in [-0.4, -0.2) is 18.5 Å². The third kappa shape index (κ3) is 2.41. The van der Waals surface area contributed by atoms with Crippen molar-refractivity contribution >= 4 is 27.1 Å². The van der Waals surface area contributed by atoms with E-state index in [9.17, 15) is 17.9 Å². The molecule has 5 nitrogen and oxygen atoms in total. The molecule has 1 atom stereocenters. The average Bonchev–Trinajstić information content (AvgIpc) is 2.43. The number of aromatic nitrogens is 1. The van der Waals surface area contributed by atoms with Gasteiger partial charge in [0.2, 0.25) is 15.3 Å². The van der Waals surface area contributed by atoms with Gasteiger partial charge in [-0.3, -0.25) is 4.98 Å². The highest BCUT2D eigenvalue weighted by molar-refractivity contribution is 7.91. The van der Waals surface area contributed by atoms with Crippen LogP contribution in [0.2, 0.25) is 5.02 Å². The lowest BCUT2D eigenvalue weighted by atomic mass is 10.3. The van der Waals surface area contributed by atoms with Gasteiger partial charge < -0.3 is 10.8 Å². The maximum absolute atomic E-state index is 14.2. The Balaban J connectivity index is 2.60. The van der Waals surface area contributed by atoms with Gasteiger partial charge >= 0.3 is 0 Å². The second-order valence-corrected chi connectivity index (χ2v) is 6.25. The molecule has 0 saturated heterocycles. The van der Waals surface area contributed by atoms with Gasteiger partial charge in [-0.05, 0) is 24.3 Å². The van der Waals surface area contributed by atoms with E-state index >= 15 is 0 Å². The van der Waals surface area contributed by atoms with Gasteiger partial charge in [-0.1, -0.05) is 17.7 Å². The smallest absolute Gasteiger partial charge is 0.247 e. The number of alkyl halides is 1. The van der Waals surface area contributed by atoms with Gasteiger partial charge in [0.25, 0.3) is 0 Å². The van der Waals surface area contributed by atoms with Crippen molar-refractivity contribution < 1.29 is 17.9 Å². The number of benzene rings is 1. The Kier molecular flexibility index (Phi) is 3.82. The molecule has 8 heteroatoms. The summed E-state index contributed by atoms with van der Waals surface area (Å²) in [6, 6.07) is 6.60. The van der Waals surface area contributed by atoms with Gasteiger partial charge in [0.1, 0.15) is 4.90 Å². The molecular weight excluding hydrogens is 307 g/mol. The molecule has 0 aliphatic rings. The van der Waals surface area contributed by atoms with Gasteiger partial charge in [-0.2, -0.15) is 0 Å². The topological polar surface area (TPSA) is 93.3 Å². The molecule has 20 heavy (non-hydrogen) atoms. The first-order valence-electron chi connectivity index (χ1n) is 5.41. The van der Waals surface area contributed by atoms with E-state index in [1.165, 1.54) is 36.5 Å². The number of phenolic OH excluding ortho intramolecular Hbond substituents is 1. The van der Waals surface area contributed by atoms with Crippen molar-refractivity contribution in [2.45, 2.75) is 10.4 Å². The molecule has 0 fully saturated rings. The van der Waals surface area contributed by atoms with Crippen molar-refractivity contribution in [1.29, 1.82) is 0 Å². The predicted octanol–water partition coefficient (Wildman–Crippen LogP) is 2.46. The monoisotopic (exact) mass is 316 g/mol. The van der Waals surface area contributed by atoms with Crippen molar-refractivity contribution in [3.8, 4) is 5.75 Å². The number of phenols is 1. The molecule has 0 bridgehead atoms. The molecule has 0 aliphatic carbocycles. The number of nitrogen functional groups attached to an aromatic ring is 1. The van der Waals surface area contributed by atoms with E-state index in [0.29, 0.717) is 0 Å². The van der Waals surface area contributed by atoms with E-state index in [-0.39, 0.29) is 16.4 Å². The summed E-state index contributed by atoms with van der Waals surface area (Å²) >= 11 is 5.74. The van der Waals surface area contributed by atoms with Gasteiger partial charge in [0, 0.05) is 6.20 Å². The zero-order chi connectivity index (χ0) is 14.9. The molecule has 0 spiro atoms. The zero-order valence-corrected chi connectivity index (χ0v) is 11.6. The highest BCUT2D eigenvalue weighted by Gasteiger charge is 2.35. The third-order valence-electron chi connectivity index (χ3n) is 2.59. The lowest BCUT2D eigenvalue weighted by Crippen LogP contribution is -2.12. The number of nitrogens with two attached hydrogens (primary N) is 1. The predicted molar refractivity (Wildman–Crippen MR) is 72.8 cm³/mol. The fourth-order valence-electron chi connectivity index (χ4n) is 1.61. The first kappa shape index (κ1) is 14.5. The Hall–Kier alpha value is -1.86. The van der Waals surface area contributed by atoms with Crippen LogP contribution < -0.4 is 5.73 Å². The normalized spacial score (nSPS) is 13.1. The summed E-state index contributed by atoms with van der Waals surface area (Å²) in [4.78, 5) is 2.90. The molecule has 2 aromatic rings. The lowest BCUT2D eigenvalue weighted by molar-refractivity contribution is 0.417. The molecule has 1 unspecified atom stereocenters. The van der Waals surface area contributed by atoms with Crippen molar-refractivity contribution in [1.82, 2.24) is 4.98 Å². The Labute approximate surface area is 119 Å². The summed E-state index contributed by atoms with van der Waals surface area (Å²) in [5.74, 6) is -0.768. The number of rotatable bonds is 3. The molecular formula is C12H10ClFN2O3S. The minimum Gasteiger partial charge on any atom is -0.504 e. The van der Waals surface area contributed by atoms with Crippen molar-refractivity contribution in [3.63, 3.8) is 0 Å². The number of hydrogen-bond donors (Lipinski definition) is 2. The fraction of sp³-hybridized carbons (Fsp3) is 0.0833. The van der Waals surface area contributed by atoms with E-state index in [2.05, 4.69) is 4.98 Å². The maximum atomic E-state index is 14.2. The minimum absolute atomic E-state index is 0.207. The SMILES string of the molecule is Nc1ccc(Cl)c(S(=O)(=O)C(F)c2ccccn2)c1O. The molecule has 1 heterocycles. The number of aromatic hydroxyl groups is 1. The van der Waals surface area contributed by atoms with Crippen LogP contribution in [0.4, 0.5) is 10.1 Å². The standard InChI is InChI=1S/C12H10ClFN2O3S/c13-7-4-5-8(15)10(17)11(7)20(18,19)12(14)9-3-1-2-6-16-9/h1-6,12,17H,15H2. The Morgan fingerprint density at radius 2 is 2.00 bits per heavy atom. The second-order valence-electron chi connectivity index (χ2n) is 3.93. The number of nitrogens with zero attached hydrogens (tertiary/aromatic N) is 1. The van der Waals surface area contributed by atoms with E-state index < -0.39 is 26.0 Å². The van der Waals surface area contributed by atoms with Crippen LogP contribution in [0.5, 0.6) is 5.75 Å². The van der Waals surface area contributed by atoms with E-state index in [4.69, 9.17) is 17.3 Å². The highest BCUT2D eigenvalue weighted by Crippen LogP contribution is 2.41. The molecule has 0 aliphatic heterocycles. The maximum Gasteiger partial charge on any atom is 0.247 e. The zero-order valence-electron chi connectivity index (χ0n) is 9.99. The molecule has 2 rings (SSSR count). The molecule has 0 amide bonds. The average molecular weight is 317 g/mol. The third-order valence-corrected chi connectivity index (χ3v) is 4.79. The van der Waals surface area contributed by atoms with Crippen molar-refractivity contribution in [2.24, 2.45) is 0 Å². The van der Waals surface area contributed by atoms with E-state index in [0.717, 1.165) is 0 Å². The molecule has 106 valence electrons. The van der Waals surface area contributed by atoms with Crippen molar-refractivity contribution in [3.05, 3.63) is 47.2 Å². The quantitative estimate of drug-likeness (QED) is 0.670. The highest BCUT2D eigenvalue weighted by atomic mass is 35.5. The summed E-state index contributed by atoms with van der Waals surface area (Å²) in [6.45, 7) is 0. The molecule has 3 N–H and O–H groups in total.